The van der Waals surface area contributed by atoms with E-state index in [0.717, 1.165) is 27.9 Å². The van der Waals surface area contributed by atoms with Crippen molar-refractivity contribution in [1.29, 1.82) is 5.26 Å². The van der Waals surface area contributed by atoms with Gasteiger partial charge in [0, 0.05) is 35.3 Å². The first-order chi connectivity index (χ1) is 13.9. The molecule has 0 radical (unpaired) electrons. The largest absolute Gasteiger partial charge is 0.447 e. The number of carbonyl (C=O) groups is 1. The van der Waals surface area contributed by atoms with Gasteiger partial charge in [0.05, 0.1) is 30.0 Å². The normalized spacial score (nSPS) is 15.3. The van der Waals surface area contributed by atoms with E-state index in [1.54, 1.807) is 6.20 Å². The van der Waals surface area contributed by atoms with E-state index in [1.165, 1.54) is 0 Å². The molecule has 0 fully saturated rings. The van der Waals surface area contributed by atoms with Crippen molar-refractivity contribution < 1.29 is 9.53 Å². The molecule has 1 aliphatic rings. The zero-order valence-corrected chi connectivity index (χ0v) is 16.9. The van der Waals surface area contributed by atoms with Gasteiger partial charge in [0.2, 0.25) is 5.28 Å². The molecule has 3 aromatic rings. The molecule has 148 valence electrons. The molecule has 1 N–H and O–H groups in total. The van der Waals surface area contributed by atoms with Crippen LogP contribution >= 0.6 is 11.6 Å². The molecule has 0 saturated carbocycles. The highest BCUT2D eigenvalue weighted by Crippen LogP contribution is 2.34. The predicted molar refractivity (Wildman–Crippen MR) is 109 cm³/mol. The van der Waals surface area contributed by atoms with E-state index in [4.69, 9.17) is 16.3 Å². The Morgan fingerprint density at radius 2 is 2.24 bits per heavy atom. The second-order valence-corrected chi connectivity index (χ2v) is 7.71. The van der Waals surface area contributed by atoms with Gasteiger partial charge < -0.3 is 14.6 Å². The van der Waals surface area contributed by atoms with E-state index in [9.17, 15) is 10.1 Å². The summed E-state index contributed by atoms with van der Waals surface area (Å²) < 4.78 is 7.40. The lowest BCUT2D eigenvalue weighted by molar-refractivity contribution is 0.112. The molecule has 0 bridgehead atoms. The molecule has 1 aromatic carbocycles. The van der Waals surface area contributed by atoms with Gasteiger partial charge in [-0.3, -0.25) is 0 Å². The van der Waals surface area contributed by atoms with Crippen LogP contribution in [0.1, 0.15) is 36.4 Å². The van der Waals surface area contributed by atoms with Crippen molar-refractivity contribution in [1.82, 2.24) is 19.9 Å². The van der Waals surface area contributed by atoms with Crippen molar-refractivity contribution in [2.45, 2.75) is 45.4 Å². The van der Waals surface area contributed by atoms with Crippen LogP contribution in [0.4, 0.5) is 4.79 Å². The highest BCUT2D eigenvalue weighted by Gasteiger charge is 2.30. The minimum Gasteiger partial charge on any atom is -0.447 e. The number of nitriles is 1. The van der Waals surface area contributed by atoms with E-state index in [-0.39, 0.29) is 17.4 Å². The monoisotopic (exact) mass is 409 g/mol. The molecule has 1 unspecified atom stereocenters. The first kappa shape index (κ1) is 19.2. The molecular formula is C21H20ClN5O2. The second-order valence-electron chi connectivity index (χ2n) is 7.38. The van der Waals surface area contributed by atoms with Crippen molar-refractivity contribution in [2.75, 3.05) is 0 Å². The van der Waals surface area contributed by atoms with Crippen LogP contribution in [0.5, 0.6) is 0 Å². The Morgan fingerprint density at radius 1 is 1.41 bits per heavy atom. The van der Waals surface area contributed by atoms with Gasteiger partial charge in [-0.1, -0.05) is 0 Å². The zero-order chi connectivity index (χ0) is 20.5. The average Bonchev–Trinajstić information content (AvgIpc) is 3.19. The molecule has 7 nitrogen and oxygen atoms in total. The summed E-state index contributed by atoms with van der Waals surface area (Å²) in [7, 11) is 0. The summed E-state index contributed by atoms with van der Waals surface area (Å²) in [4.78, 5) is 20.3. The molecule has 0 aliphatic heterocycles. The number of hydrogen-bond acceptors (Lipinski definition) is 5. The first-order valence-corrected chi connectivity index (χ1v) is 9.81. The molecule has 8 heteroatoms. The number of hydrogen-bond donors (Lipinski definition) is 1. The van der Waals surface area contributed by atoms with Crippen LogP contribution in [0.25, 0.3) is 10.9 Å². The fraction of sp³-hybridized carbons (Fsp3) is 0.333. The first-order valence-electron chi connectivity index (χ1n) is 9.43. The summed E-state index contributed by atoms with van der Waals surface area (Å²) in [6.07, 6.45) is 2.42. The maximum atomic E-state index is 12.0. The number of ether oxygens (including phenoxy) is 1. The number of fused-ring (bicyclic) bond motifs is 3. The number of amides is 1. The Bertz CT molecular complexity index is 1130. The fourth-order valence-corrected chi connectivity index (χ4v) is 4.04. The molecule has 4 rings (SSSR count). The Hall–Kier alpha value is -3.11. The number of benzene rings is 1. The highest BCUT2D eigenvalue weighted by atomic mass is 35.5. The molecule has 29 heavy (non-hydrogen) atoms. The maximum absolute atomic E-state index is 12.0. The van der Waals surface area contributed by atoms with Gasteiger partial charge in [0.25, 0.3) is 0 Å². The Morgan fingerprint density at radius 3 is 2.97 bits per heavy atom. The zero-order valence-electron chi connectivity index (χ0n) is 16.1. The van der Waals surface area contributed by atoms with Crippen LogP contribution in [-0.2, 0) is 24.1 Å². The SMILES string of the molecule is CC(C)OC(=O)NC1Cc2c(n(Cc3ccnc(Cl)n3)c3ccc(C#N)cc23)C1. The van der Waals surface area contributed by atoms with Crippen LogP contribution in [0.15, 0.2) is 30.5 Å². The average molecular weight is 410 g/mol. The molecule has 2 heterocycles. The third-order valence-corrected chi connectivity index (χ3v) is 5.16. The topological polar surface area (TPSA) is 92.8 Å². The van der Waals surface area contributed by atoms with Crippen molar-refractivity contribution in [2.24, 2.45) is 0 Å². The smallest absolute Gasteiger partial charge is 0.407 e. The van der Waals surface area contributed by atoms with Gasteiger partial charge in [-0.15, -0.1) is 0 Å². The van der Waals surface area contributed by atoms with E-state index in [1.807, 2.05) is 38.1 Å². The molecular weight excluding hydrogens is 390 g/mol. The molecule has 2 aromatic heterocycles. The Kier molecular flexibility index (Phi) is 5.12. The van der Waals surface area contributed by atoms with Crippen molar-refractivity contribution in [3.63, 3.8) is 0 Å². The van der Waals surface area contributed by atoms with Gasteiger partial charge in [0.15, 0.2) is 0 Å². The molecule has 1 amide bonds. The lowest BCUT2D eigenvalue weighted by Gasteiger charge is -2.16. The van der Waals surface area contributed by atoms with Gasteiger partial charge in [-0.25, -0.2) is 14.8 Å². The summed E-state index contributed by atoms with van der Waals surface area (Å²) in [5.74, 6) is 0. The van der Waals surface area contributed by atoms with Gasteiger partial charge in [-0.05, 0) is 61.7 Å². The maximum Gasteiger partial charge on any atom is 0.407 e. The van der Waals surface area contributed by atoms with Gasteiger partial charge in [-0.2, -0.15) is 5.26 Å². The Balaban J connectivity index is 1.70. The van der Waals surface area contributed by atoms with Crippen LogP contribution in [-0.4, -0.2) is 32.8 Å². The van der Waals surface area contributed by atoms with Gasteiger partial charge >= 0.3 is 6.09 Å². The van der Waals surface area contributed by atoms with Crippen LogP contribution in [0.2, 0.25) is 5.28 Å². The van der Waals surface area contributed by atoms with E-state index < -0.39 is 6.09 Å². The standard InChI is InChI=1S/C21H20ClN5O2/c1-12(2)29-21(28)26-15-8-17-16-7-13(10-23)3-4-18(16)27(19(17)9-15)11-14-5-6-24-20(22)25-14/h3-7,12,15H,8-9,11H2,1-2H3,(H,26,28). The number of carbonyl (C=O) groups excluding carboxylic acids is 1. The summed E-state index contributed by atoms with van der Waals surface area (Å²) in [5.41, 5.74) is 4.71. The van der Waals surface area contributed by atoms with Crippen molar-refractivity contribution in [3.8, 4) is 6.07 Å². The third-order valence-electron chi connectivity index (χ3n) is 4.97. The number of nitrogens with zero attached hydrogens (tertiary/aromatic N) is 4. The summed E-state index contributed by atoms with van der Waals surface area (Å²) in [6.45, 7) is 4.17. The van der Waals surface area contributed by atoms with E-state index in [2.05, 4.69) is 25.9 Å². The number of rotatable bonds is 4. The highest BCUT2D eigenvalue weighted by molar-refractivity contribution is 6.28. The predicted octanol–water partition coefficient (Wildman–Crippen LogP) is 3.61. The van der Waals surface area contributed by atoms with Crippen molar-refractivity contribution in [3.05, 3.63) is 58.3 Å². The minimum absolute atomic E-state index is 0.0540. The quantitative estimate of drug-likeness (QED) is 0.664. The lowest BCUT2D eigenvalue weighted by atomic mass is 10.1. The van der Waals surface area contributed by atoms with E-state index >= 15 is 0 Å². The number of halogens is 1. The molecule has 0 saturated heterocycles. The van der Waals surface area contributed by atoms with Crippen LogP contribution < -0.4 is 5.32 Å². The number of aromatic nitrogens is 3. The second kappa shape index (κ2) is 7.72. The summed E-state index contributed by atoms with van der Waals surface area (Å²) in [6, 6.07) is 9.67. The molecule has 1 aliphatic carbocycles. The summed E-state index contributed by atoms with van der Waals surface area (Å²) >= 11 is 5.95. The van der Waals surface area contributed by atoms with Crippen LogP contribution in [0, 0.1) is 11.3 Å². The summed E-state index contributed by atoms with van der Waals surface area (Å²) in [5, 5.41) is 13.5. The number of alkyl carbamates (subject to hydrolysis) is 1. The number of nitrogens with one attached hydrogen (secondary N) is 1. The fourth-order valence-electron chi connectivity index (χ4n) is 3.88. The molecule has 0 spiro atoms. The Labute approximate surface area is 173 Å². The lowest BCUT2D eigenvalue weighted by Crippen LogP contribution is -2.37. The third kappa shape index (κ3) is 3.89. The molecule has 1 atom stereocenters. The van der Waals surface area contributed by atoms with E-state index in [0.29, 0.717) is 24.9 Å². The van der Waals surface area contributed by atoms with Crippen molar-refractivity contribution >= 4 is 28.6 Å². The minimum atomic E-state index is -0.411. The van der Waals surface area contributed by atoms with Gasteiger partial charge in [0.1, 0.15) is 0 Å². The van der Waals surface area contributed by atoms with Crippen LogP contribution in [0.3, 0.4) is 0 Å².